The van der Waals surface area contributed by atoms with Crippen LogP contribution in [0.3, 0.4) is 0 Å². The van der Waals surface area contributed by atoms with E-state index in [4.69, 9.17) is 9.26 Å². The van der Waals surface area contributed by atoms with Crippen molar-refractivity contribution in [3.63, 3.8) is 0 Å². The second-order valence-electron chi connectivity index (χ2n) is 7.46. The number of benzene rings is 2. The van der Waals surface area contributed by atoms with Crippen molar-refractivity contribution in [3.8, 4) is 22.9 Å². The third-order valence-corrected chi connectivity index (χ3v) is 6.97. The van der Waals surface area contributed by atoms with Crippen LogP contribution in [0.1, 0.15) is 25.7 Å². The minimum absolute atomic E-state index is 0.0383. The molecule has 2 N–H and O–H groups in total. The van der Waals surface area contributed by atoms with Gasteiger partial charge in [0.05, 0.1) is 23.7 Å². The number of phenolic OH excluding ortho intramolecular Hbond substituents is 1. The Morgan fingerprint density at radius 2 is 2.03 bits per heavy atom. The van der Waals surface area contributed by atoms with Crippen molar-refractivity contribution in [2.75, 3.05) is 28.5 Å². The predicted octanol–water partition coefficient (Wildman–Crippen LogP) is 2.95. The molecule has 1 aliphatic heterocycles. The summed E-state index contributed by atoms with van der Waals surface area (Å²) in [6.45, 7) is 2.85. The highest BCUT2D eigenvalue weighted by Gasteiger charge is 2.29. The number of aryl methyl sites for hydroxylation is 1. The van der Waals surface area contributed by atoms with Crippen LogP contribution in [0.4, 0.5) is 11.4 Å². The Bertz CT molecular complexity index is 1240. The summed E-state index contributed by atoms with van der Waals surface area (Å²) in [7, 11) is -3.37. The average molecular weight is 473 g/mol. The molecule has 1 fully saturated rings. The van der Waals surface area contributed by atoms with Crippen LogP contribution in [0, 0.1) is 0 Å². The minimum atomic E-state index is -3.37. The molecule has 11 heteroatoms. The molecule has 10 nitrogen and oxygen atoms in total. The molecular weight excluding hydrogens is 448 g/mol. The Balaban J connectivity index is 1.37. The Hall–Kier alpha value is -3.60. The van der Waals surface area contributed by atoms with Crippen LogP contribution in [0.25, 0.3) is 11.4 Å². The molecule has 0 unspecified atom stereocenters. The second kappa shape index (κ2) is 9.49. The highest BCUT2D eigenvalue weighted by molar-refractivity contribution is 7.93. The molecule has 0 radical (unpaired) electrons. The molecule has 3 aromatic rings. The Kier molecular flexibility index (Phi) is 6.50. The van der Waals surface area contributed by atoms with Crippen LogP contribution in [-0.4, -0.2) is 48.5 Å². The fourth-order valence-corrected chi connectivity index (χ4v) is 5.04. The number of rotatable bonds is 8. The highest BCUT2D eigenvalue weighted by Crippen LogP contribution is 2.32. The summed E-state index contributed by atoms with van der Waals surface area (Å²) < 4.78 is 36.2. The van der Waals surface area contributed by atoms with Crippen LogP contribution in [0.15, 0.2) is 47.0 Å². The third-order valence-electron chi connectivity index (χ3n) is 5.10. The fourth-order valence-electron chi connectivity index (χ4n) is 3.48. The number of anilines is 2. The van der Waals surface area contributed by atoms with Gasteiger partial charge in [0.1, 0.15) is 11.5 Å². The summed E-state index contributed by atoms with van der Waals surface area (Å²) in [5.41, 5.74) is 1.30. The van der Waals surface area contributed by atoms with Crippen LogP contribution < -0.4 is 14.4 Å². The summed E-state index contributed by atoms with van der Waals surface area (Å²) in [5.74, 6) is 1.00. The topological polar surface area (TPSA) is 135 Å². The second-order valence-corrected chi connectivity index (χ2v) is 9.47. The largest absolute Gasteiger partial charge is 0.506 e. The summed E-state index contributed by atoms with van der Waals surface area (Å²) in [6.07, 6.45) is 0.779. The zero-order valence-electron chi connectivity index (χ0n) is 18.0. The predicted molar refractivity (Wildman–Crippen MR) is 122 cm³/mol. The first-order valence-corrected chi connectivity index (χ1v) is 12.2. The number of phenols is 1. The first kappa shape index (κ1) is 22.6. The van der Waals surface area contributed by atoms with Gasteiger partial charge >= 0.3 is 0 Å². The molecule has 1 saturated heterocycles. The van der Waals surface area contributed by atoms with Gasteiger partial charge in [-0.2, -0.15) is 4.98 Å². The lowest BCUT2D eigenvalue weighted by atomic mass is 10.2. The smallest absolute Gasteiger partial charge is 0.235 e. The van der Waals surface area contributed by atoms with Crippen molar-refractivity contribution in [3.05, 3.63) is 48.4 Å². The van der Waals surface area contributed by atoms with Gasteiger partial charge in [0.25, 0.3) is 0 Å². The maximum atomic E-state index is 12.4. The first-order valence-electron chi connectivity index (χ1n) is 10.5. The standard InChI is InChI=1S/C22H24N4O6S/c1-2-31-17-7-4-15(5-8-17)22-24-21(32-25-22)11-10-20(28)23-18-14-16(6-9-19(18)27)26-12-3-13-33(26,29)30/h4-9,14,27H,2-3,10-13H2,1H3,(H,23,28). The van der Waals surface area contributed by atoms with Crippen LogP contribution in [0.5, 0.6) is 11.5 Å². The molecule has 2 aromatic carbocycles. The zero-order chi connectivity index (χ0) is 23.4. The van der Waals surface area contributed by atoms with Gasteiger partial charge in [0, 0.05) is 24.9 Å². The van der Waals surface area contributed by atoms with E-state index in [2.05, 4.69) is 15.5 Å². The Labute approximate surface area is 191 Å². The Morgan fingerprint density at radius 1 is 1.24 bits per heavy atom. The van der Waals surface area contributed by atoms with E-state index in [-0.39, 0.29) is 35.9 Å². The van der Waals surface area contributed by atoms with E-state index in [0.717, 1.165) is 11.3 Å². The van der Waals surface area contributed by atoms with Gasteiger partial charge in [-0.1, -0.05) is 5.16 Å². The van der Waals surface area contributed by atoms with Crippen molar-refractivity contribution in [2.45, 2.75) is 26.2 Å². The lowest BCUT2D eigenvalue weighted by Crippen LogP contribution is -2.25. The average Bonchev–Trinajstić information content (AvgIpc) is 3.41. The monoisotopic (exact) mass is 472 g/mol. The number of sulfonamides is 1. The lowest BCUT2D eigenvalue weighted by Gasteiger charge is -2.18. The SMILES string of the molecule is CCOc1ccc(-c2noc(CCC(=O)Nc3cc(N4CCCS4(=O)=O)ccc3O)n2)cc1. The van der Waals surface area contributed by atoms with Gasteiger partial charge in [-0.3, -0.25) is 9.10 Å². The molecule has 0 bridgehead atoms. The highest BCUT2D eigenvalue weighted by atomic mass is 32.2. The van der Waals surface area contributed by atoms with Crippen molar-refractivity contribution >= 4 is 27.3 Å². The van der Waals surface area contributed by atoms with Crippen LogP contribution >= 0.6 is 0 Å². The fraction of sp³-hybridized carbons (Fsp3) is 0.318. The van der Waals surface area contributed by atoms with Gasteiger partial charge in [0.2, 0.25) is 27.6 Å². The van der Waals surface area contributed by atoms with E-state index in [1.54, 1.807) is 0 Å². The number of aromatic hydroxyl groups is 1. The number of hydrogen-bond acceptors (Lipinski definition) is 8. The van der Waals surface area contributed by atoms with E-state index in [1.165, 1.54) is 22.5 Å². The molecule has 1 amide bonds. The molecule has 0 aliphatic carbocycles. The van der Waals surface area contributed by atoms with Gasteiger partial charge in [-0.15, -0.1) is 0 Å². The first-order chi connectivity index (χ1) is 15.9. The van der Waals surface area contributed by atoms with E-state index < -0.39 is 10.0 Å². The van der Waals surface area contributed by atoms with Crippen molar-refractivity contribution < 1.29 is 27.6 Å². The zero-order valence-corrected chi connectivity index (χ0v) is 18.8. The molecule has 1 aliphatic rings. The number of aromatic nitrogens is 2. The van der Waals surface area contributed by atoms with E-state index in [9.17, 15) is 18.3 Å². The molecule has 0 saturated carbocycles. The number of ether oxygens (including phenoxy) is 1. The summed E-state index contributed by atoms with van der Waals surface area (Å²) in [4.78, 5) is 16.7. The third kappa shape index (κ3) is 5.25. The van der Waals surface area contributed by atoms with Crippen molar-refractivity contribution in [2.24, 2.45) is 0 Å². The van der Waals surface area contributed by atoms with Gasteiger partial charge < -0.3 is 19.7 Å². The number of amides is 1. The van der Waals surface area contributed by atoms with E-state index >= 15 is 0 Å². The quantitative estimate of drug-likeness (QED) is 0.478. The van der Waals surface area contributed by atoms with Gasteiger partial charge in [0.15, 0.2) is 0 Å². The Morgan fingerprint density at radius 3 is 2.73 bits per heavy atom. The molecule has 2 heterocycles. The van der Waals surface area contributed by atoms with Crippen LogP contribution in [-0.2, 0) is 21.2 Å². The molecule has 4 rings (SSSR count). The minimum Gasteiger partial charge on any atom is -0.506 e. The summed E-state index contributed by atoms with van der Waals surface area (Å²) in [5, 5.41) is 16.7. The molecule has 1 aromatic heterocycles. The van der Waals surface area contributed by atoms with Crippen molar-refractivity contribution in [1.29, 1.82) is 0 Å². The van der Waals surface area contributed by atoms with Crippen LogP contribution in [0.2, 0.25) is 0 Å². The summed E-state index contributed by atoms with van der Waals surface area (Å²) >= 11 is 0. The van der Waals surface area contributed by atoms with Gasteiger partial charge in [-0.25, -0.2) is 8.42 Å². The number of carbonyl (C=O) groups is 1. The van der Waals surface area contributed by atoms with Crippen molar-refractivity contribution in [1.82, 2.24) is 10.1 Å². The number of nitrogens with zero attached hydrogens (tertiary/aromatic N) is 3. The molecular formula is C22H24N4O6S. The normalized spacial score (nSPS) is 14.9. The maximum absolute atomic E-state index is 12.4. The molecule has 0 spiro atoms. The summed E-state index contributed by atoms with van der Waals surface area (Å²) in [6, 6.07) is 11.6. The lowest BCUT2D eigenvalue weighted by molar-refractivity contribution is -0.116. The number of carbonyl (C=O) groups excluding carboxylic acids is 1. The van der Waals surface area contributed by atoms with Gasteiger partial charge in [-0.05, 0) is 55.8 Å². The number of hydrogen-bond donors (Lipinski definition) is 2. The maximum Gasteiger partial charge on any atom is 0.235 e. The molecule has 0 atom stereocenters. The molecule has 174 valence electrons. The number of nitrogens with one attached hydrogen (secondary N) is 1. The van der Waals surface area contributed by atoms with E-state index in [0.29, 0.717) is 37.0 Å². The molecule has 33 heavy (non-hydrogen) atoms. The van der Waals surface area contributed by atoms with E-state index in [1.807, 2.05) is 31.2 Å².